The molecule has 1 amide bonds. The van der Waals surface area contributed by atoms with Crippen LogP contribution in [0.1, 0.15) is 47.0 Å². The average molecular weight is 257 g/mol. The summed E-state index contributed by atoms with van der Waals surface area (Å²) in [6.45, 7) is 7.27. The van der Waals surface area contributed by atoms with E-state index < -0.39 is 23.7 Å². The number of carboxylic acid groups (broad SMARTS) is 1. The number of carboxylic acids is 1. The number of carbonyl (C=O) groups excluding carboxylic acids is 1. The van der Waals surface area contributed by atoms with Crippen LogP contribution < -0.4 is 5.32 Å². The Morgan fingerprint density at radius 1 is 1.39 bits per heavy atom. The number of alkyl carbamates (subject to hydrolysis) is 1. The molecule has 0 aromatic carbocycles. The van der Waals surface area contributed by atoms with E-state index in [4.69, 9.17) is 9.84 Å². The van der Waals surface area contributed by atoms with Gasteiger partial charge in [0.25, 0.3) is 0 Å². The zero-order chi connectivity index (χ0) is 13.9. The Morgan fingerprint density at radius 2 is 1.94 bits per heavy atom. The van der Waals surface area contributed by atoms with Crippen LogP contribution in [0, 0.1) is 11.8 Å². The van der Waals surface area contributed by atoms with Crippen molar-refractivity contribution in [1.82, 2.24) is 5.32 Å². The number of nitrogens with one attached hydrogen (secondary N) is 1. The van der Waals surface area contributed by atoms with Gasteiger partial charge in [0.05, 0.1) is 0 Å². The molecule has 1 saturated carbocycles. The second-order valence-corrected chi connectivity index (χ2v) is 6.09. The SMILES string of the molecule is CC(CC(NC(=O)OC(C)(C)C)C(=O)O)C1CC1. The molecule has 18 heavy (non-hydrogen) atoms. The van der Waals surface area contributed by atoms with Gasteiger partial charge in [-0.05, 0) is 51.9 Å². The maximum absolute atomic E-state index is 11.5. The van der Waals surface area contributed by atoms with Crippen LogP contribution in [0.5, 0.6) is 0 Å². The molecule has 0 radical (unpaired) electrons. The Bertz CT molecular complexity index is 317. The fourth-order valence-electron chi connectivity index (χ4n) is 1.90. The minimum absolute atomic E-state index is 0.320. The predicted molar refractivity (Wildman–Crippen MR) is 67.3 cm³/mol. The first-order valence-corrected chi connectivity index (χ1v) is 6.41. The number of amides is 1. The largest absolute Gasteiger partial charge is 0.480 e. The number of rotatable bonds is 5. The molecule has 1 aliphatic rings. The van der Waals surface area contributed by atoms with Crippen molar-refractivity contribution in [3.8, 4) is 0 Å². The summed E-state index contributed by atoms with van der Waals surface area (Å²) < 4.78 is 5.06. The fourth-order valence-corrected chi connectivity index (χ4v) is 1.90. The molecule has 0 spiro atoms. The van der Waals surface area contributed by atoms with Crippen LogP contribution in [0.25, 0.3) is 0 Å². The van der Waals surface area contributed by atoms with E-state index in [9.17, 15) is 9.59 Å². The topological polar surface area (TPSA) is 75.6 Å². The van der Waals surface area contributed by atoms with E-state index in [1.165, 1.54) is 12.8 Å². The van der Waals surface area contributed by atoms with Crippen molar-refractivity contribution >= 4 is 12.1 Å². The van der Waals surface area contributed by atoms with Gasteiger partial charge in [-0.1, -0.05) is 6.92 Å². The molecule has 2 N–H and O–H groups in total. The number of ether oxygens (including phenoxy) is 1. The molecule has 1 aliphatic carbocycles. The number of hydrogen-bond donors (Lipinski definition) is 2. The molecule has 5 heteroatoms. The van der Waals surface area contributed by atoms with Crippen molar-refractivity contribution < 1.29 is 19.4 Å². The van der Waals surface area contributed by atoms with Gasteiger partial charge < -0.3 is 15.2 Å². The van der Waals surface area contributed by atoms with Crippen molar-refractivity contribution in [1.29, 1.82) is 0 Å². The molecule has 2 unspecified atom stereocenters. The van der Waals surface area contributed by atoms with Gasteiger partial charge in [-0.25, -0.2) is 9.59 Å². The quantitative estimate of drug-likeness (QED) is 0.793. The van der Waals surface area contributed by atoms with Gasteiger partial charge in [0.15, 0.2) is 0 Å². The molecule has 0 saturated heterocycles. The molecule has 104 valence electrons. The Morgan fingerprint density at radius 3 is 2.33 bits per heavy atom. The van der Waals surface area contributed by atoms with Crippen LogP contribution in [0.4, 0.5) is 4.79 Å². The summed E-state index contributed by atoms with van der Waals surface area (Å²) >= 11 is 0. The van der Waals surface area contributed by atoms with Gasteiger partial charge in [0.2, 0.25) is 0 Å². The Hall–Kier alpha value is -1.26. The molecule has 1 rings (SSSR count). The number of aliphatic carboxylic acids is 1. The minimum Gasteiger partial charge on any atom is -0.480 e. The summed E-state index contributed by atoms with van der Waals surface area (Å²) in [6.07, 6.45) is 2.12. The maximum atomic E-state index is 11.5. The summed E-state index contributed by atoms with van der Waals surface area (Å²) in [5.41, 5.74) is -0.616. The van der Waals surface area contributed by atoms with Gasteiger partial charge in [0, 0.05) is 0 Å². The first-order chi connectivity index (χ1) is 8.19. The van der Waals surface area contributed by atoms with Gasteiger partial charge in [-0.15, -0.1) is 0 Å². The molecule has 1 fully saturated rings. The van der Waals surface area contributed by atoms with Crippen molar-refractivity contribution in [2.24, 2.45) is 11.8 Å². The molecule has 5 nitrogen and oxygen atoms in total. The van der Waals surface area contributed by atoms with Crippen LogP contribution in [-0.4, -0.2) is 28.8 Å². The lowest BCUT2D eigenvalue weighted by molar-refractivity contribution is -0.140. The molecule has 0 bridgehead atoms. The lowest BCUT2D eigenvalue weighted by Gasteiger charge is -2.23. The second-order valence-electron chi connectivity index (χ2n) is 6.09. The predicted octanol–water partition coefficient (Wildman–Crippen LogP) is 2.40. The Balaban J connectivity index is 2.46. The van der Waals surface area contributed by atoms with Gasteiger partial charge in [-0.3, -0.25) is 0 Å². The van der Waals surface area contributed by atoms with E-state index in [-0.39, 0.29) is 0 Å². The smallest absolute Gasteiger partial charge is 0.408 e. The van der Waals surface area contributed by atoms with Gasteiger partial charge >= 0.3 is 12.1 Å². The molecule has 0 aliphatic heterocycles. The second kappa shape index (κ2) is 5.59. The van der Waals surface area contributed by atoms with E-state index in [1.807, 2.05) is 6.92 Å². The summed E-state index contributed by atoms with van der Waals surface area (Å²) in [7, 11) is 0. The lowest BCUT2D eigenvalue weighted by atomic mass is 9.97. The van der Waals surface area contributed by atoms with Gasteiger partial charge in [0.1, 0.15) is 11.6 Å². The van der Waals surface area contributed by atoms with Crippen molar-refractivity contribution in [2.45, 2.75) is 58.6 Å². The summed E-state index contributed by atoms with van der Waals surface area (Å²) in [4.78, 5) is 22.7. The van der Waals surface area contributed by atoms with Crippen molar-refractivity contribution in [2.75, 3.05) is 0 Å². The van der Waals surface area contributed by atoms with Crippen LogP contribution in [0.3, 0.4) is 0 Å². The lowest BCUT2D eigenvalue weighted by Crippen LogP contribution is -2.44. The molecule has 2 atom stereocenters. The third-order valence-electron chi connectivity index (χ3n) is 3.02. The third kappa shape index (κ3) is 5.38. The highest BCUT2D eigenvalue weighted by atomic mass is 16.6. The van der Waals surface area contributed by atoms with Crippen LogP contribution in [0.2, 0.25) is 0 Å². The normalized spacial score (nSPS) is 18.9. The highest BCUT2D eigenvalue weighted by molar-refractivity contribution is 5.80. The van der Waals surface area contributed by atoms with E-state index >= 15 is 0 Å². The van der Waals surface area contributed by atoms with Crippen LogP contribution in [0.15, 0.2) is 0 Å². The van der Waals surface area contributed by atoms with E-state index in [1.54, 1.807) is 20.8 Å². The standard InChI is InChI=1S/C13H23NO4/c1-8(9-5-6-9)7-10(11(15)16)14-12(17)18-13(2,3)4/h8-10H,5-7H2,1-4H3,(H,14,17)(H,15,16). The van der Waals surface area contributed by atoms with Crippen LogP contribution in [-0.2, 0) is 9.53 Å². The summed E-state index contributed by atoms with van der Waals surface area (Å²) in [6, 6.07) is -0.865. The van der Waals surface area contributed by atoms with Crippen molar-refractivity contribution in [3.63, 3.8) is 0 Å². The van der Waals surface area contributed by atoms with Crippen molar-refractivity contribution in [3.05, 3.63) is 0 Å². The highest BCUT2D eigenvalue weighted by Gasteiger charge is 2.32. The number of hydrogen-bond acceptors (Lipinski definition) is 3. The summed E-state index contributed by atoms with van der Waals surface area (Å²) in [5, 5.41) is 11.5. The monoisotopic (exact) mass is 257 g/mol. The molecule has 0 aromatic rings. The summed E-state index contributed by atoms with van der Waals surface area (Å²) in [5.74, 6) is -0.0679. The zero-order valence-corrected chi connectivity index (χ0v) is 11.5. The first kappa shape index (κ1) is 14.8. The molecule has 0 aromatic heterocycles. The maximum Gasteiger partial charge on any atom is 0.408 e. The fraction of sp³-hybridized carbons (Fsp3) is 0.846. The molecular formula is C13H23NO4. The number of carbonyl (C=O) groups is 2. The highest BCUT2D eigenvalue weighted by Crippen LogP contribution is 2.38. The molecular weight excluding hydrogens is 234 g/mol. The van der Waals surface area contributed by atoms with E-state index in [2.05, 4.69) is 5.32 Å². The Kier molecular flexibility index (Phi) is 4.59. The van der Waals surface area contributed by atoms with Crippen LogP contribution >= 0.6 is 0 Å². The third-order valence-corrected chi connectivity index (χ3v) is 3.02. The Labute approximate surface area is 108 Å². The van der Waals surface area contributed by atoms with E-state index in [0.717, 1.165) is 0 Å². The van der Waals surface area contributed by atoms with Gasteiger partial charge in [-0.2, -0.15) is 0 Å². The first-order valence-electron chi connectivity index (χ1n) is 6.41. The molecule has 0 heterocycles. The van der Waals surface area contributed by atoms with E-state index in [0.29, 0.717) is 18.3 Å². The average Bonchev–Trinajstić information content (AvgIpc) is 2.95. The minimum atomic E-state index is -1.01. The zero-order valence-electron chi connectivity index (χ0n) is 11.5.